The molecule has 0 radical (unpaired) electrons. The van der Waals surface area contributed by atoms with E-state index < -0.39 is 0 Å². The molecule has 0 amide bonds. The number of aryl methyl sites for hydroxylation is 1. The first-order chi connectivity index (χ1) is 16.3. The molecule has 10 nitrogen and oxygen atoms in total. The maximum absolute atomic E-state index is 8.36. The molecular weight excluding hydrogens is 438 g/mol. The number of imidazole rings is 1. The summed E-state index contributed by atoms with van der Waals surface area (Å²) in [7, 11) is 5.99. The number of carbonyl (C=O) groups is 2. The highest BCUT2D eigenvalue weighted by molar-refractivity contribution is 5.37. The van der Waals surface area contributed by atoms with Crippen LogP contribution in [-0.2, 0) is 29.2 Å². The Morgan fingerprint density at radius 1 is 1.00 bits per heavy atom. The van der Waals surface area contributed by atoms with Crippen LogP contribution in [0.25, 0.3) is 0 Å². The number of nitrogens with zero attached hydrogens (tertiary/aromatic N) is 4. The maximum atomic E-state index is 8.36. The van der Waals surface area contributed by atoms with Crippen LogP contribution in [0.2, 0.25) is 0 Å². The van der Waals surface area contributed by atoms with Crippen molar-refractivity contribution in [3.8, 4) is 5.75 Å². The third kappa shape index (κ3) is 12.3. The van der Waals surface area contributed by atoms with Crippen LogP contribution < -0.4 is 4.74 Å². The van der Waals surface area contributed by atoms with Crippen molar-refractivity contribution >= 4 is 12.9 Å². The van der Waals surface area contributed by atoms with Gasteiger partial charge in [-0.15, -0.1) is 0 Å². The van der Waals surface area contributed by atoms with E-state index in [2.05, 4.69) is 77.7 Å². The molecule has 1 aromatic carbocycles. The second-order valence-electron chi connectivity index (χ2n) is 7.81. The SMILES string of the molecule is CCN(CC)Cc1cc(CN(CCN(C)C)Cc2nc[nH]c2C)ccc1OC.O=CO.O=CO. The van der Waals surface area contributed by atoms with Crippen molar-refractivity contribution in [2.45, 2.75) is 40.4 Å². The van der Waals surface area contributed by atoms with E-state index in [1.807, 2.05) is 0 Å². The Hall–Kier alpha value is -2.95. The van der Waals surface area contributed by atoms with E-state index >= 15 is 0 Å². The van der Waals surface area contributed by atoms with Crippen LogP contribution in [0.4, 0.5) is 0 Å². The van der Waals surface area contributed by atoms with Gasteiger partial charge in [-0.2, -0.15) is 0 Å². The van der Waals surface area contributed by atoms with E-state index in [0.717, 1.165) is 63.0 Å². The van der Waals surface area contributed by atoms with Crippen molar-refractivity contribution < 1.29 is 24.5 Å². The number of hydrogen-bond acceptors (Lipinski definition) is 7. The molecule has 1 heterocycles. The van der Waals surface area contributed by atoms with Crippen LogP contribution in [0.3, 0.4) is 0 Å². The topological polar surface area (TPSA) is 122 Å². The fourth-order valence-electron chi connectivity index (χ4n) is 3.31. The summed E-state index contributed by atoms with van der Waals surface area (Å²) < 4.78 is 5.61. The van der Waals surface area contributed by atoms with Gasteiger partial charge in [0, 0.05) is 44.0 Å². The van der Waals surface area contributed by atoms with Crippen LogP contribution in [0.1, 0.15) is 36.4 Å². The Morgan fingerprint density at radius 3 is 2.09 bits per heavy atom. The zero-order chi connectivity index (χ0) is 25.9. The molecule has 0 saturated heterocycles. The largest absolute Gasteiger partial charge is 0.496 e. The number of aromatic nitrogens is 2. The Balaban J connectivity index is 0.00000164. The Bertz CT molecular complexity index is 803. The van der Waals surface area contributed by atoms with Gasteiger partial charge in [0.15, 0.2) is 0 Å². The lowest BCUT2D eigenvalue weighted by molar-refractivity contribution is -0.123. The second-order valence-corrected chi connectivity index (χ2v) is 7.81. The predicted molar refractivity (Wildman–Crippen MR) is 133 cm³/mol. The number of hydrogen-bond donors (Lipinski definition) is 3. The van der Waals surface area contributed by atoms with Gasteiger partial charge in [0.05, 0.1) is 19.1 Å². The zero-order valence-electron chi connectivity index (χ0n) is 21.3. The summed E-state index contributed by atoms with van der Waals surface area (Å²) >= 11 is 0. The molecule has 0 aliphatic carbocycles. The highest BCUT2D eigenvalue weighted by Gasteiger charge is 2.14. The van der Waals surface area contributed by atoms with Crippen molar-refractivity contribution in [1.82, 2.24) is 24.7 Å². The highest BCUT2D eigenvalue weighted by atomic mass is 16.5. The summed E-state index contributed by atoms with van der Waals surface area (Å²) in [5.74, 6) is 0.971. The van der Waals surface area contributed by atoms with Gasteiger partial charge in [0.2, 0.25) is 0 Å². The van der Waals surface area contributed by atoms with Gasteiger partial charge in [-0.25, -0.2) is 4.98 Å². The van der Waals surface area contributed by atoms with Crippen LogP contribution in [-0.4, -0.2) is 95.2 Å². The van der Waals surface area contributed by atoms with Gasteiger partial charge in [0.1, 0.15) is 5.75 Å². The Morgan fingerprint density at radius 2 is 1.62 bits per heavy atom. The number of likely N-dealkylation sites (N-methyl/N-ethyl adjacent to an activating group) is 1. The quantitative estimate of drug-likeness (QED) is 0.394. The summed E-state index contributed by atoms with van der Waals surface area (Å²) in [5.41, 5.74) is 4.84. The number of aromatic amines is 1. The lowest BCUT2D eigenvalue weighted by Gasteiger charge is -2.25. The molecule has 0 saturated carbocycles. The van der Waals surface area contributed by atoms with Gasteiger partial charge in [-0.05, 0) is 51.8 Å². The minimum atomic E-state index is -0.250. The van der Waals surface area contributed by atoms with Gasteiger partial charge < -0.3 is 24.8 Å². The number of rotatable bonds is 12. The molecule has 2 rings (SSSR count). The molecule has 34 heavy (non-hydrogen) atoms. The van der Waals surface area contributed by atoms with Crippen LogP contribution in [0.15, 0.2) is 24.5 Å². The van der Waals surface area contributed by atoms with Crippen LogP contribution >= 0.6 is 0 Å². The van der Waals surface area contributed by atoms with Crippen LogP contribution in [0, 0.1) is 6.92 Å². The summed E-state index contributed by atoms with van der Waals surface area (Å²) in [6, 6.07) is 6.60. The average molecular weight is 480 g/mol. The second kappa shape index (κ2) is 18.5. The van der Waals surface area contributed by atoms with Gasteiger partial charge in [0.25, 0.3) is 12.9 Å². The van der Waals surface area contributed by atoms with Crippen molar-refractivity contribution in [1.29, 1.82) is 0 Å². The monoisotopic (exact) mass is 479 g/mol. The molecule has 0 fully saturated rings. The van der Waals surface area contributed by atoms with E-state index in [1.165, 1.54) is 11.1 Å². The third-order valence-electron chi connectivity index (χ3n) is 5.21. The Kier molecular flexibility index (Phi) is 16.9. The molecule has 0 aliphatic heterocycles. The molecular formula is C24H41N5O5. The fraction of sp³-hybridized carbons (Fsp3) is 0.542. The minimum Gasteiger partial charge on any atom is -0.496 e. The predicted octanol–water partition coefficient (Wildman–Crippen LogP) is 2.53. The molecule has 1 aromatic heterocycles. The molecule has 0 spiro atoms. The van der Waals surface area contributed by atoms with Crippen molar-refractivity contribution in [2.75, 3.05) is 47.4 Å². The van der Waals surface area contributed by atoms with E-state index in [0.29, 0.717) is 0 Å². The summed E-state index contributed by atoms with van der Waals surface area (Å²) in [6.07, 6.45) is 1.78. The van der Waals surface area contributed by atoms with Gasteiger partial charge >= 0.3 is 0 Å². The van der Waals surface area contributed by atoms with Crippen molar-refractivity contribution in [3.63, 3.8) is 0 Å². The Labute approximate surface area is 203 Å². The van der Waals surface area contributed by atoms with E-state index in [-0.39, 0.29) is 12.9 Å². The van der Waals surface area contributed by atoms with E-state index in [1.54, 1.807) is 13.4 Å². The van der Waals surface area contributed by atoms with Gasteiger partial charge in [-0.1, -0.05) is 19.9 Å². The number of methoxy groups -OCH3 is 1. The fourth-order valence-corrected chi connectivity index (χ4v) is 3.31. The first kappa shape index (κ1) is 31.0. The molecule has 0 bridgehead atoms. The summed E-state index contributed by atoms with van der Waals surface area (Å²) in [6.45, 7) is 12.7. The number of benzene rings is 1. The molecule has 0 aliphatic rings. The van der Waals surface area contributed by atoms with Crippen molar-refractivity contribution in [3.05, 3.63) is 47.0 Å². The van der Waals surface area contributed by atoms with Crippen molar-refractivity contribution in [2.24, 2.45) is 0 Å². The number of carboxylic acid groups (broad SMARTS) is 2. The highest BCUT2D eigenvalue weighted by Crippen LogP contribution is 2.23. The minimum absolute atomic E-state index is 0.250. The lowest BCUT2D eigenvalue weighted by Crippen LogP contribution is -2.31. The molecule has 3 N–H and O–H groups in total. The third-order valence-corrected chi connectivity index (χ3v) is 5.21. The molecule has 0 atom stereocenters. The first-order valence-electron chi connectivity index (χ1n) is 11.2. The lowest BCUT2D eigenvalue weighted by atomic mass is 10.1. The average Bonchev–Trinajstić information content (AvgIpc) is 3.21. The molecule has 0 unspecified atom stereocenters. The van der Waals surface area contributed by atoms with Crippen LogP contribution in [0.5, 0.6) is 5.75 Å². The molecule has 192 valence electrons. The standard InChI is InChI=1S/C22H37N5O.2CH2O2/c1-7-26(8-2)15-20-13-19(9-10-22(20)28-6)14-27(12-11-25(4)5)16-21-18(3)23-17-24-21;2*2-1-3/h9-10,13,17H,7-8,11-12,14-16H2,1-6H3,(H,23,24);2*1H,(H,2,3). The van der Waals surface area contributed by atoms with E-state index in [9.17, 15) is 0 Å². The first-order valence-corrected chi connectivity index (χ1v) is 11.2. The van der Waals surface area contributed by atoms with E-state index in [4.69, 9.17) is 24.5 Å². The summed E-state index contributed by atoms with van der Waals surface area (Å²) in [5, 5.41) is 13.8. The molecule has 10 heteroatoms. The van der Waals surface area contributed by atoms with Gasteiger partial charge in [-0.3, -0.25) is 19.4 Å². The normalized spacial score (nSPS) is 10.4. The number of ether oxygens (including phenoxy) is 1. The smallest absolute Gasteiger partial charge is 0.290 e. The molecule has 2 aromatic rings. The zero-order valence-corrected chi connectivity index (χ0v) is 21.3. The number of H-pyrrole nitrogens is 1. The maximum Gasteiger partial charge on any atom is 0.290 e. The summed E-state index contributed by atoms with van der Waals surface area (Å²) in [4.78, 5) is 31.5. The number of nitrogens with one attached hydrogen (secondary N) is 1.